The Labute approximate surface area is 124 Å². The number of rotatable bonds is 7. The molecule has 2 aromatic rings. The largest absolute Gasteiger partial charge is 0.494 e. The van der Waals surface area contributed by atoms with Crippen molar-refractivity contribution in [3.05, 3.63) is 35.5 Å². The Balaban J connectivity index is 1.59. The highest BCUT2D eigenvalue weighted by molar-refractivity contribution is 7.15. The zero-order valence-electron chi connectivity index (χ0n) is 11.8. The first kappa shape index (κ1) is 13.6. The third-order valence-electron chi connectivity index (χ3n) is 3.41. The average Bonchev–Trinajstić information content (AvgIpc) is 3.17. The third kappa shape index (κ3) is 3.58. The van der Waals surface area contributed by atoms with Crippen LogP contribution in [0, 0.1) is 5.92 Å². The van der Waals surface area contributed by atoms with Crippen LogP contribution in [0.4, 0.5) is 0 Å². The molecule has 1 aromatic carbocycles. The molecule has 106 valence electrons. The minimum absolute atomic E-state index is 0.705. The van der Waals surface area contributed by atoms with E-state index in [2.05, 4.69) is 22.4 Å². The zero-order valence-corrected chi connectivity index (χ0v) is 12.6. The van der Waals surface area contributed by atoms with Gasteiger partial charge in [0.25, 0.3) is 0 Å². The van der Waals surface area contributed by atoms with Gasteiger partial charge in [-0.3, -0.25) is 0 Å². The molecule has 1 fully saturated rings. The minimum atomic E-state index is 0.705. The van der Waals surface area contributed by atoms with E-state index in [4.69, 9.17) is 4.74 Å². The van der Waals surface area contributed by atoms with Crippen molar-refractivity contribution in [2.75, 3.05) is 13.2 Å². The normalized spacial score (nSPS) is 14.4. The number of nitrogens with zero attached hydrogens (tertiary/aromatic N) is 1. The van der Waals surface area contributed by atoms with Gasteiger partial charge in [-0.15, -0.1) is 11.3 Å². The number of nitrogens with one attached hydrogen (secondary N) is 1. The first-order chi connectivity index (χ1) is 9.85. The summed E-state index contributed by atoms with van der Waals surface area (Å²) in [7, 11) is 0. The fraction of sp³-hybridized carbons (Fsp3) is 0.438. The van der Waals surface area contributed by atoms with Gasteiger partial charge in [0, 0.05) is 12.7 Å². The fourth-order valence-corrected chi connectivity index (χ4v) is 3.01. The molecular formula is C16H20N2OS. The van der Waals surface area contributed by atoms with E-state index in [0.717, 1.165) is 29.8 Å². The highest BCUT2D eigenvalue weighted by atomic mass is 32.1. The van der Waals surface area contributed by atoms with E-state index in [-0.39, 0.29) is 0 Å². The van der Waals surface area contributed by atoms with Gasteiger partial charge in [-0.2, -0.15) is 0 Å². The second-order valence-corrected chi connectivity index (χ2v) is 6.27. The first-order valence-electron chi connectivity index (χ1n) is 7.24. The van der Waals surface area contributed by atoms with Crippen LogP contribution in [0.15, 0.2) is 30.5 Å². The standard InChI is InChI=1S/C16H20N2OS/c1-2-19-14-7-5-13(6-8-14)15-10-18-16(20-15)11-17-9-12-3-4-12/h5-8,10,12,17H,2-4,9,11H2,1H3. The van der Waals surface area contributed by atoms with E-state index in [1.165, 1.54) is 23.3 Å². The van der Waals surface area contributed by atoms with Gasteiger partial charge in [0.05, 0.1) is 11.5 Å². The smallest absolute Gasteiger partial charge is 0.119 e. The molecule has 0 aliphatic heterocycles. The van der Waals surface area contributed by atoms with Crippen molar-refractivity contribution < 1.29 is 4.74 Å². The molecule has 4 heteroatoms. The average molecular weight is 288 g/mol. The van der Waals surface area contributed by atoms with Crippen LogP contribution in [0.1, 0.15) is 24.8 Å². The van der Waals surface area contributed by atoms with Gasteiger partial charge in [0.2, 0.25) is 0 Å². The lowest BCUT2D eigenvalue weighted by Crippen LogP contribution is -2.15. The summed E-state index contributed by atoms with van der Waals surface area (Å²) in [5, 5.41) is 4.64. The van der Waals surface area contributed by atoms with E-state index in [1.807, 2.05) is 25.3 Å². The number of ether oxygens (including phenoxy) is 1. The number of aromatic nitrogens is 1. The monoisotopic (exact) mass is 288 g/mol. The Morgan fingerprint density at radius 1 is 1.30 bits per heavy atom. The molecule has 1 aromatic heterocycles. The highest BCUT2D eigenvalue weighted by Gasteiger charge is 2.20. The van der Waals surface area contributed by atoms with Crippen LogP contribution in [0.5, 0.6) is 5.75 Å². The molecule has 1 N–H and O–H groups in total. The van der Waals surface area contributed by atoms with Gasteiger partial charge in [0.1, 0.15) is 10.8 Å². The number of hydrogen-bond donors (Lipinski definition) is 1. The van der Waals surface area contributed by atoms with Crippen LogP contribution in [0.3, 0.4) is 0 Å². The van der Waals surface area contributed by atoms with Crippen molar-refractivity contribution in [2.24, 2.45) is 5.92 Å². The Hall–Kier alpha value is -1.39. The molecule has 20 heavy (non-hydrogen) atoms. The molecule has 0 amide bonds. The second-order valence-electron chi connectivity index (χ2n) is 5.15. The Bertz CT molecular complexity index is 546. The molecule has 0 atom stereocenters. The predicted molar refractivity (Wildman–Crippen MR) is 83.1 cm³/mol. The lowest BCUT2D eigenvalue weighted by atomic mass is 10.2. The Morgan fingerprint density at radius 3 is 2.80 bits per heavy atom. The van der Waals surface area contributed by atoms with Crippen LogP contribution in [-0.2, 0) is 6.54 Å². The van der Waals surface area contributed by atoms with Gasteiger partial charge in [-0.1, -0.05) is 0 Å². The molecule has 1 aliphatic rings. The molecule has 0 unspecified atom stereocenters. The van der Waals surface area contributed by atoms with Crippen molar-refractivity contribution in [2.45, 2.75) is 26.3 Å². The van der Waals surface area contributed by atoms with Gasteiger partial charge in [0.15, 0.2) is 0 Å². The second kappa shape index (κ2) is 6.37. The van der Waals surface area contributed by atoms with Crippen molar-refractivity contribution >= 4 is 11.3 Å². The topological polar surface area (TPSA) is 34.1 Å². The van der Waals surface area contributed by atoms with E-state index in [0.29, 0.717) is 6.61 Å². The van der Waals surface area contributed by atoms with E-state index in [9.17, 15) is 0 Å². The molecule has 3 rings (SSSR count). The summed E-state index contributed by atoms with van der Waals surface area (Å²) in [5.41, 5.74) is 1.21. The van der Waals surface area contributed by atoms with Crippen LogP contribution in [-0.4, -0.2) is 18.1 Å². The Morgan fingerprint density at radius 2 is 2.10 bits per heavy atom. The number of benzene rings is 1. The summed E-state index contributed by atoms with van der Waals surface area (Å²) >= 11 is 1.76. The Kier molecular flexibility index (Phi) is 4.33. The molecule has 0 radical (unpaired) electrons. The van der Waals surface area contributed by atoms with Crippen LogP contribution in [0.25, 0.3) is 10.4 Å². The van der Waals surface area contributed by atoms with Gasteiger partial charge < -0.3 is 10.1 Å². The summed E-state index contributed by atoms with van der Waals surface area (Å²) in [4.78, 5) is 5.71. The maximum absolute atomic E-state index is 5.46. The van der Waals surface area contributed by atoms with E-state index >= 15 is 0 Å². The van der Waals surface area contributed by atoms with Gasteiger partial charge >= 0.3 is 0 Å². The van der Waals surface area contributed by atoms with E-state index < -0.39 is 0 Å². The minimum Gasteiger partial charge on any atom is -0.494 e. The van der Waals surface area contributed by atoms with Crippen molar-refractivity contribution in [3.8, 4) is 16.2 Å². The van der Waals surface area contributed by atoms with E-state index in [1.54, 1.807) is 11.3 Å². The molecule has 1 aliphatic carbocycles. The first-order valence-corrected chi connectivity index (χ1v) is 8.05. The maximum atomic E-state index is 5.46. The molecular weight excluding hydrogens is 268 g/mol. The van der Waals surface area contributed by atoms with Crippen LogP contribution < -0.4 is 10.1 Å². The fourth-order valence-electron chi connectivity index (χ4n) is 2.11. The predicted octanol–water partition coefficient (Wildman–Crippen LogP) is 3.71. The summed E-state index contributed by atoms with van der Waals surface area (Å²) in [6, 6.07) is 8.23. The van der Waals surface area contributed by atoms with Crippen molar-refractivity contribution in [1.29, 1.82) is 0 Å². The zero-order chi connectivity index (χ0) is 13.8. The maximum Gasteiger partial charge on any atom is 0.119 e. The van der Waals surface area contributed by atoms with Crippen molar-refractivity contribution in [3.63, 3.8) is 0 Å². The van der Waals surface area contributed by atoms with Crippen LogP contribution >= 0.6 is 11.3 Å². The molecule has 0 spiro atoms. The lowest BCUT2D eigenvalue weighted by molar-refractivity contribution is 0.340. The SMILES string of the molecule is CCOc1ccc(-c2cnc(CNCC3CC3)s2)cc1. The molecule has 1 saturated carbocycles. The molecule has 0 bridgehead atoms. The third-order valence-corrected chi connectivity index (χ3v) is 4.46. The summed E-state index contributed by atoms with van der Waals surface area (Å²) in [6.45, 7) is 4.73. The van der Waals surface area contributed by atoms with Gasteiger partial charge in [-0.25, -0.2) is 4.98 Å². The summed E-state index contributed by atoms with van der Waals surface area (Å²) < 4.78 is 5.46. The summed E-state index contributed by atoms with van der Waals surface area (Å²) in [5.74, 6) is 1.84. The number of thiazole rings is 1. The van der Waals surface area contributed by atoms with Crippen LogP contribution in [0.2, 0.25) is 0 Å². The number of hydrogen-bond acceptors (Lipinski definition) is 4. The molecule has 1 heterocycles. The van der Waals surface area contributed by atoms with Gasteiger partial charge in [-0.05, 0) is 62.1 Å². The van der Waals surface area contributed by atoms with Crippen molar-refractivity contribution in [1.82, 2.24) is 10.3 Å². The summed E-state index contributed by atoms with van der Waals surface area (Å²) in [6.07, 6.45) is 4.75. The molecule has 0 saturated heterocycles. The highest BCUT2D eigenvalue weighted by Crippen LogP contribution is 2.29. The quantitative estimate of drug-likeness (QED) is 0.843. The lowest BCUT2D eigenvalue weighted by Gasteiger charge is -2.03. The molecule has 3 nitrogen and oxygen atoms in total.